The van der Waals surface area contributed by atoms with Gasteiger partial charge < -0.3 is 10.2 Å². The summed E-state index contributed by atoms with van der Waals surface area (Å²) in [6.45, 7) is 8.22. The van der Waals surface area contributed by atoms with Crippen LogP contribution in [0.25, 0.3) is 5.57 Å². The van der Waals surface area contributed by atoms with Gasteiger partial charge in [0.2, 0.25) is 0 Å². The predicted octanol–water partition coefficient (Wildman–Crippen LogP) is 3.51. The lowest BCUT2D eigenvalue weighted by Crippen LogP contribution is -3.17. The van der Waals surface area contributed by atoms with Gasteiger partial charge in [-0.3, -0.25) is 4.79 Å². The first kappa shape index (κ1) is 18.4. The van der Waals surface area contributed by atoms with Gasteiger partial charge in [-0.2, -0.15) is 0 Å². The first-order chi connectivity index (χ1) is 12.6. The largest absolute Gasteiger partial charge is 0.321 e. The molecule has 2 N–H and O–H groups in total. The molecule has 0 aliphatic carbocycles. The summed E-state index contributed by atoms with van der Waals surface area (Å²) in [7, 11) is 0. The first-order valence-electron chi connectivity index (χ1n) is 9.55. The van der Waals surface area contributed by atoms with E-state index in [0.717, 1.165) is 25.2 Å². The molecule has 26 heavy (non-hydrogen) atoms. The summed E-state index contributed by atoms with van der Waals surface area (Å²) in [4.78, 5) is 14.1. The topological polar surface area (TPSA) is 33.5 Å². The van der Waals surface area contributed by atoms with Gasteiger partial charge in [0, 0.05) is 12.1 Å². The van der Waals surface area contributed by atoms with Crippen molar-refractivity contribution >= 4 is 17.2 Å². The van der Waals surface area contributed by atoms with Gasteiger partial charge in [-0.1, -0.05) is 62.4 Å². The van der Waals surface area contributed by atoms with Crippen LogP contribution in [0.5, 0.6) is 0 Å². The van der Waals surface area contributed by atoms with Crippen molar-refractivity contribution in [1.29, 1.82) is 0 Å². The Hall–Kier alpha value is -2.39. The fraction of sp³-hybridized carbons (Fsp3) is 0.348. The Balaban J connectivity index is 1.64. The molecule has 136 valence electrons. The predicted molar refractivity (Wildman–Crippen MR) is 108 cm³/mol. The van der Waals surface area contributed by atoms with E-state index in [9.17, 15) is 4.79 Å². The average Bonchev–Trinajstić information content (AvgIpc) is 2.68. The fourth-order valence-corrected chi connectivity index (χ4v) is 3.60. The van der Waals surface area contributed by atoms with E-state index in [1.807, 2.05) is 31.2 Å². The highest BCUT2D eigenvalue weighted by molar-refractivity contribution is 5.94. The van der Waals surface area contributed by atoms with Gasteiger partial charge in [0.1, 0.15) is 0 Å². The van der Waals surface area contributed by atoms with Gasteiger partial charge in [-0.05, 0) is 41.7 Å². The highest BCUT2D eigenvalue weighted by atomic mass is 16.2. The lowest BCUT2D eigenvalue weighted by Gasteiger charge is -2.28. The number of rotatable bonds is 5. The molecule has 0 spiro atoms. The van der Waals surface area contributed by atoms with Gasteiger partial charge in [0.15, 0.2) is 6.04 Å². The molecule has 1 heterocycles. The minimum atomic E-state index is -0.0659. The molecular weight excluding hydrogens is 320 g/mol. The van der Waals surface area contributed by atoms with E-state index in [-0.39, 0.29) is 11.9 Å². The number of anilines is 1. The van der Waals surface area contributed by atoms with E-state index >= 15 is 0 Å². The van der Waals surface area contributed by atoms with Crippen LogP contribution in [0.15, 0.2) is 60.7 Å². The molecule has 0 saturated heterocycles. The normalized spacial score (nSPS) is 18.3. The molecule has 3 nitrogen and oxygen atoms in total. The Labute approximate surface area is 156 Å². The molecule has 1 aliphatic heterocycles. The smallest absolute Gasteiger partial charge is 0.282 e. The van der Waals surface area contributed by atoms with E-state index in [0.29, 0.717) is 5.92 Å². The van der Waals surface area contributed by atoms with Gasteiger partial charge in [0.05, 0.1) is 13.1 Å². The fourth-order valence-electron chi connectivity index (χ4n) is 3.60. The highest BCUT2D eigenvalue weighted by Gasteiger charge is 2.27. The number of benzene rings is 2. The molecule has 2 atom stereocenters. The van der Waals surface area contributed by atoms with Crippen LogP contribution in [-0.2, 0) is 4.79 Å². The maximum atomic E-state index is 12.8. The van der Waals surface area contributed by atoms with Gasteiger partial charge in [-0.15, -0.1) is 0 Å². The Morgan fingerprint density at radius 1 is 1.00 bits per heavy atom. The van der Waals surface area contributed by atoms with Crippen LogP contribution in [0.2, 0.25) is 0 Å². The summed E-state index contributed by atoms with van der Waals surface area (Å²) in [6.07, 6.45) is 3.31. The number of para-hydroxylation sites is 1. The third-order valence-electron chi connectivity index (χ3n) is 5.32. The average molecular weight is 349 g/mol. The molecule has 1 aliphatic rings. The molecule has 0 radical (unpaired) electrons. The first-order valence-corrected chi connectivity index (χ1v) is 9.55. The summed E-state index contributed by atoms with van der Waals surface area (Å²) in [5.74, 6) is 0.491. The van der Waals surface area contributed by atoms with E-state index in [1.54, 1.807) is 0 Å². The Morgan fingerprint density at radius 2 is 1.69 bits per heavy atom. The summed E-state index contributed by atoms with van der Waals surface area (Å²) in [5.41, 5.74) is 4.82. The summed E-state index contributed by atoms with van der Waals surface area (Å²) < 4.78 is 0. The summed E-state index contributed by atoms with van der Waals surface area (Å²) >= 11 is 0. The molecule has 3 rings (SSSR count). The van der Waals surface area contributed by atoms with E-state index in [2.05, 4.69) is 55.6 Å². The molecule has 3 heteroatoms. The van der Waals surface area contributed by atoms with Crippen molar-refractivity contribution in [2.75, 3.05) is 18.4 Å². The molecule has 1 unspecified atom stereocenters. The number of hydrogen-bond donors (Lipinski definition) is 2. The minimum absolute atomic E-state index is 0.0659. The number of hydrogen-bond acceptors (Lipinski definition) is 1. The standard InChI is InChI=1S/C23H28N2O/c1-17(2)21-11-7-8-12-22(21)24-23(26)18(3)25-15-13-20(14-16-25)19-9-5-4-6-10-19/h4-13,17-18H,14-16H2,1-3H3,(H,24,26)/p+1/t18-/m1/s1. The lowest BCUT2D eigenvalue weighted by molar-refractivity contribution is -0.909. The Morgan fingerprint density at radius 3 is 2.35 bits per heavy atom. The molecular formula is C23H29N2O+. The van der Waals surface area contributed by atoms with Crippen LogP contribution in [0.4, 0.5) is 5.69 Å². The van der Waals surface area contributed by atoms with Crippen LogP contribution in [-0.4, -0.2) is 25.0 Å². The summed E-state index contributed by atoms with van der Waals surface area (Å²) in [5, 5.41) is 3.15. The molecule has 0 aromatic heterocycles. The van der Waals surface area contributed by atoms with Crippen molar-refractivity contribution in [2.45, 2.75) is 39.2 Å². The van der Waals surface area contributed by atoms with Gasteiger partial charge in [-0.25, -0.2) is 0 Å². The van der Waals surface area contributed by atoms with Gasteiger partial charge in [0.25, 0.3) is 5.91 Å². The molecule has 1 amide bonds. The molecule has 0 saturated carbocycles. The lowest BCUT2D eigenvalue weighted by atomic mass is 9.98. The van der Waals surface area contributed by atoms with E-state index < -0.39 is 0 Å². The summed E-state index contributed by atoms with van der Waals surface area (Å²) in [6, 6.07) is 18.6. The second kappa shape index (κ2) is 8.33. The third-order valence-corrected chi connectivity index (χ3v) is 5.32. The monoisotopic (exact) mass is 349 g/mol. The quantitative estimate of drug-likeness (QED) is 0.851. The zero-order valence-corrected chi connectivity index (χ0v) is 16.0. The highest BCUT2D eigenvalue weighted by Crippen LogP contribution is 2.23. The van der Waals surface area contributed by atoms with Crippen LogP contribution < -0.4 is 10.2 Å². The van der Waals surface area contributed by atoms with Crippen molar-refractivity contribution in [2.24, 2.45) is 0 Å². The van der Waals surface area contributed by atoms with Crippen molar-refractivity contribution < 1.29 is 9.69 Å². The van der Waals surface area contributed by atoms with Gasteiger partial charge >= 0.3 is 0 Å². The van der Waals surface area contributed by atoms with E-state index in [1.165, 1.54) is 21.6 Å². The molecule has 2 aromatic rings. The van der Waals surface area contributed by atoms with Crippen molar-refractivity contribution in [3.05, 3.63) is 71.8 Å². The van der Waals surface area contributed by atoms with Crippen LogP contribution in [0.3, 0.4) is 0 Å². The third kappa shape index (κ3) is 4.23. The number of carbonyl (C=O) groups excluding carboxylic acids is 1. The second-order valence-corrected chi connectivity index (χ2v) is 7.41. The minimum Gasteiger partial charge on any atom is -0.321 e. The van der Waals surface area contributed by atoms with Crippen LogP contribution in [0, 0.1) is 0 Å². The Bertz CT molecular complexity index is 780. The number of amides is 1. The van der Waals surface area contributed by atoms with Crippen molar-refractivity contribution in [3.63, 3.8) is 0 Å². The number of nitrogens with one attached hydrogen (secondary N) is 2. The number of carbonyl (C=O) groups is 1. The van der Waals surface area contributed by atoms with Crippen LogP contribution >= 0.6 is 0 Å². The van der Waals surface area contributed by atoms with E-state index in [4.69, 9.17) is 0 Å². The molecule has 0 fully saturated rings. The van der Waals surface area contributed by atoms with Crippen molar-refractivity contribution in [3.8, 4) is 0 Å². The number of quaternary nitrogens is 1. The SMILES string of the molecule is CC(C)c1ccccc1NC(=O)[C@@H](C)[NH+]1CC=C(c2ccccc2)CC1. The molecule has 2 aromatic carbocycles. The maximum absolute atomic E-state index is 12.8. The maximum Gasteiger partial charge on any atom is 0.282 e. The van der Waals surface area contributed by atoms with Crippen molar-refractivity contribution in [1.82, 2.24) is 0 Å². The molecule has 0 bridgehead atoms. The zero-order chi connectivity index (χ0) is 18.5. The van der Waals surface area contributed by atoms with Crippen LogP contribution in [0.1, 0.15) is 44.2 Å². The zero-order valence-electron chi connectivity index (χ0n) is 16.0. The second-order valence-electron chi connectivity index (χ2n) is 7.41. The Kier molecular flexibility index (Phi) is 5.89.